The summed E-state index contributed by atoms with van der Waals surface area (Å²) < 4.78 is 14.9. The number of anilines is 1. The van der Waals surface area contributed by atoms with Crippen molar-refractivity contribution in [3.63, 3.8) is 0 Å². The van der Waals surface area contributed by atoms with Gasteiger partial charge in [0.2, 0.25) is 5.82 Å². The second-order valence-corrected chi connectivity index (χ2v) is 4.87. The summed E-state index contributed by atoms with van der Waals surface area (Å²) in [5, 5.41) is 17.3. The van der Waals surface area contributed by atoms with Crippen molar-refractivity contribution in [2.75, 3.05) is 5.32 Å². The largest absolute Gasteiger partial charge is 0.322 e. The number of nitrogens with zero attached hydrogens (tertiary/aromatic N) is 3. The summed E-state index contributed by atoms with van der Waals surface area (Å²) in [5.41, 5.74) is 0.595. The number of nitro groups is 1. The summed E-state index contributed by atoms with van der Waals surface area (Å²) in [5.74, 6) is -1.41. The smallest absolute Gasteiger partial charge is 0.306 e. The van der Waals surface area contributed by atoms with Gasteiger partial charge in [0.05, 0.1) is 10.6 Å². The van der Waals surface area contributed by atoms with E-state index in [1.165, 1.54) is 6.07 Å². The van der Waals surface area contributed by atoms with Crippen molar-refractivity contribution in [1.29, 1.82) is 0 Å². The Kier molecular flexibility index (Phi) is 4.02. The summed E-state index contributed by atoms with van der Waals surface area (Å²) in [6.45, 7) is 0. The Morgan fingerprint density at radius 3 is 2.58 bits per heavy atom. The summed E-state index contributed by atoms with van der Waals surface area (Å²) in [4.78, 5) is 22.1. The molecular formula is C16H11FN4O3. The molecule has 1 heterocycles. The number of carbonyl (C=O) groups excluding carboxylic acids is 1. The molecule has 2 aromatic carbocycles. The SMILES string of the molecule is O=C(Nc1ccc(F)c([N+](=O)[O-])c1)c1ccc(-n2cccn2)cc1. The zero-order valence-corrected chi connectivity index (χ0v) is 12.2. The van der Waals surface area contributed by atoms with E-state index in [4.69, 9.17) is 0 Å². The number of amides is 1. The fourth-order valence-electron chi connectivity index (χ4n) is 2.12. The first kappa shape index (κ1) is 15.3. The molecule has 0 bridgehead atoms. The molecule has 0 fully saturated rings. The van der Waals surface area contributed by atoms with Gasteiger partial charge in [0.25, 0.3) is 5.91 Å². The van der Waals surface area contributed by atoms with E-state index in [1.807, 2.05) is 0 Å². The number of carbonyl (C=O) groups is 1. The maximum absolute atomic E-state index is 13.3. The molecule has 0 saturated heterocycles. The van der Waals surface area contributed by atoms with Crippen molar-refractivity contribution in [3.05, 3.63) is 82.4 Å². The summed E-state index contributed by atoms with van der Waals surface area (Å²) in [6.07, 6.45) is 3.41. The Bertz CT molecular complexity index is 892. The number of nitro benzene ring substituents is 1. The van der Waals surface area contributed by atoms with E-state index in [0.29, 0.717) is 5.56 Å². The van der Waals surface area contributed by atoms with Crippen LogP contribution in [0.25, 0.3) is 5.69 Å². The first-order chi connectivity index (χ1) is 11.5. The number of aromatic nitrogens is 2. The van der Waals surface area contributed by atoms with E-state index in [1.54, 1.807) is 47.4 Å². The quantitative estimate of drug-likeness (QED) is 0.589. The summed E-state index contributed by atoms with van der Waals surface area (Å²) in [7, 11) is 0. The topological polar surface area (TPSA) is 90.1 Å². The first-order valence-electron chi connectivity index (χ1n) is 6.90. The highest BCUT2D eigenvalue weighted by Gasteiger charge is 2.15. The van der Waals surface area contributed by atoms with Gasteiger partial charge in [-0.2, -0.15) is 9.49 Å². The first-order valence-corrected chi connectivity index (χ1v) is 6.90. The lowest BCUT2D eigenvalue weighted by Crippen LogP contribution is -2.12. The van der Waals surface area contributed by atoms with Crippen LogP contribution in [0.4, 0.5) is 15.8 Å². The Labute approximate surface area is 135 Å². The lowest BCUT2D eigenvalue weighted by molar-refractivity contribution is -0.387. The van der Waals surface area contributed by atoms with Gasteiger partial charge in [-0.05, 0) is 42.5 Å². The molecule has 0 aliphatic heterocycles. The fourth-order valence-corrected chi connectivity index (χ4v) is 2.12. The third kappa shape index (κ3) is 3.12. The predicted octanol–water partition coefficient (Wildman–Crippen LogP) is 3.17. The standard InChI is InChI=1S/C16H11FN4O3/c17-14-7-4-12(10-15(14)21(23)24)19-16(22)11-2-5-13(6-3-11)20-9-1-8-18-20/h1-10H,(H,19,22). The molecule has 0 aliphatic rings. The molecule has 7 nitrogen and oxygen atoms in total. The maximum Gasteiger partial charge on any atom is 0.306 e. The third-order valence-electron chi connectivity index (χ3n) is 3.30. The van der Waals surface area contributed by atoms with Crippen molar-refractivity contribution in [1.82, 2.24) is 9.78 Å². The number of rotatable bonds is 4. The molecule has 8 heteroatoms. The van der Waals surface area contributed by atoms with Crippen LogP contribution in [0.2, 0.25) is 0 Å². The second-order valence-electron chi connectivity index (χ2n) is 4.87. The number of nitrogens with one attached hydrogen (secondary N) is 1. The summed E-state index contributed by atoms with van der Waals surface area (Å²) >= 11 is 0. The lowest BCUT2D eigenvalue weighted by atomic mass is 10.2. The van der Waals surface area contributed by atoms with Gasteiger partial charge in [-0.15, -0.1) is 0 Å². The van der Waals surface area contributed by atoms with Crippen LogP contribution >= 0.6 is 0 Å². The number of hydrogen-bond donors (Lipinski definition) is 1. The van der Waals surface area contributed by atoms with Crippen LogP contribution in [0, 0.1) is 15.9 Å². The van der Waals surface area contributed by atoms with E-state index in [2.05, 4.69) is 10.4 Å². The molecule has 0 aliphatic carbocycles. The van der Waals surface area contributed by atoms with Gasteiger partial charge in [0, 0.05) is 29.7 Å². The highest BCUT2D eigenvalue weighted by atomic mass is 19.1. The molecule has 0 spiro atoms. The van der Waals surface area contributed by atoms with E-state index in [-0.39, 0.29) is 5.69 Å². The zero-order chi connectivity index (χ0) is 17.1. The van der Waals surface area contributed by atoms with E-state index < -0.39 is 22.3 Å². The van der Waals surface area contributed by atoms with Crippen molar-refractivity contribution in [2.45, 2.75) is 0 Å². The van der Waals surface area contributed by atoms with Crippen LogP contribution in [0.5, 0.6) is 0 Å². The Morgan fingerprint density at radius 2 is 1.96 bits per heavy atom. The molecule has 24 heavy (non-hydrogen) atoms. The van der Waals surface area contributed by atoms with E-state index in [0.717, 1.165) is 17.8 Å². The predicted molar refractivity (Wildman–Crippen MR) is 84.6 cm³/mol. The van der Waals surface area contributed by atoms with Crippen molar-refractivity contribution in [2.24, 2.45) is 0 Å². The van der Waals surface area contributed by atoms with Crippen LogP contribution in [0.15, 0.2) is 60.9 Å². The van der Waals surface area contributed by atoms with E-state index >= 15 is 0 Å². The molecule has 0 saturated carbocycles. The van der Waals surface area contributed by atoms with Crippen molar-refractivity contribution < 1.29 is 14.1 Å². The number of halogens is 1. The van der Waals surface area contributed by atoms with Gasteiger partial charge in [-0.1, -0.05) is 0 Å². The van der Waals surface area contributed by atoms with Gasteiger partial charge >= 0.3 is 5.69 Å². The molecule has 0 unspecified atom stereocenters. The Morgan fingerprint density at radius 1 is 1.21 bits per heavy atom. The number of hydrogen-bond acceptors (Lipinski definition) is 4. The minimum atomic E-state index is -0.957. The molecule has 3 rings (SSSR count). The van der Waals surface area contributed by atoms with Crippen molar-refractivity contribution in [3.8, 4) is 5.69 Å². The Balaban J connectivity index is 1.78. The van der Waals surface area contributed by atoms with Crippen LogP contribution in [-0.2, 0) is 0 Å². The molecule has 1 amide bonds. The zero-order valence-electron chi connectivity index (χ0n) is 12.2. The monoisotopic (exact) mass is 326 g/mol. The normalized spacial score (nSPS) is 10.4. The minimum Gasteiger partial charge on any atom is -0.322 e. The molecule has 120 valence electrons. The summed E-state index contributed by atoms with van der Waals surface area (Å²) in [6, 6.07) is 11.6. The molecule has 0 radical (unpaired) electrons. The van der Waals surface area contributed by atoms with Crippen LogP contribution in [0.3, 0.4) is 0 Å². The van der Waals surface area contributed by atoms with Gasteiger partial charge in [-0.25, -0.2) is 4.68 Å². The van der Waals surface area contributed by atoms with E-state index in [9.17, 15) is 19.3 Å². The highest BCUT2D eigenvalue weighted by Crippen LogP contribution is 2.22. The van der Waals surface area contributed by atoms with Crippen LogP contribution < -0.4 is 5.32 Å². The molecule has 1 aromatic heterocycles. The number of benzene rings is 2. The molecule has 1 N–H and O–H groups in total. The molecular weight excluding hydrogens is 315 g/mol. The van der Waals surface area contributed by atoms with Gasteiger partial charge in [0.1, 0.15) is 0 Å². The van der Waals surface area contributed by atoms with Crippen LogP contribution in [0.1, 0.15) is 10.4 Å². The minimum absolute atomic E-state index is 0.143. The van der Waals surface area contributed by atoms with Gasteiger partial charge in [-0.3, -0.25) is 14.9 Å². The molecule has 3 aromatic rings. The van der Waals surface area contributed by atoms with Gasteiger partial charge in [0.15, 0.2) is 0 Å². The third-order valence-corrected chi connectivity index (χ3v) is 3.30. The highest BCUT2D eigenvalue weighted by molar-refractivity contribution is 6.04. The van der Waals surface area contributed by atoms with Gasteiger partial charge < -0.3 is 5.32 Å². The Hall–Kier alpha value is -3.55. The maximum atomic E-state index is 13.3. The van der Waals surface area contributed by atoms with Crippen LogP contribution in [-0.4, -0.2) is 20.6 Å². The second kappa shape index (κ2) is 6.29. The lowest BCUT2D eigenvalue weighted by Gasteiger charge is -2.07. The molecule has 0 atom stereocenters. The van der Waals surface area contributed by atoms with Crippen molar-refractivity contribution >= 4 is 17.3 Å². The fraction of sp³-hybridized carbons (Fsp3) is 0. The average Bonchev–Trinajstić information content (AvgIpc) is 3.11. The average molecular weight is 326 g/mol.